The molecule has 0 radical (unpaired) electrons. The van der Waals surface area contributed by atoms with Gasteiger partial charge in [0, 0.05) is 13.5 Å². The Balaban J connectivity index is 2.92. The third-order valence-corrected chi connectivity index (χ3v) is 3.65. The Morgan fingerprint density at radius 2 is 2.00 bits per heavy atom. The van der Waals surface area contributed by atoms with Crippen LogP contribution in [-0.2, 0) is 4.74 Å². The van der Waals surface area contributed by atoms with Crippen LogP contribution in [0.5, 0.6) is 11.5 Å². The molecule has 0 spiro atoms. The maximum atomic E-state index is 11.1. The average Bonchev–Trinajstić information content (AvgIpc) is 2.41. The van der Waals surface area contributed by atoms with Crippen molar-refractivity contribution in [3.63, 3.8) is 0 Å². The highest BCUT2D eigenvalue weighted by atomic mass is 79.9. The number of aromatic carboxylic acids is 1. The first-order chi connectivity index (χ1) is 9.80. The minimum atomic E-state index is -1.01. The Morgan fingerprint density at radius 1 is 1.33 bits per heavy atom. The number of halogens is 1. The maximum Gasteiger partial charge on any atom is 0.335 e. The molecule has 0 aliphatic rings. The Hall–Kier alpha value is -1.27. The molecular formula is C15H21BrO5. The molecule has 0 aliphatic carbocycles. The van der Waals surface area contributed by atoms with Crippen LogP contribution in [0.1, 0.15) is 37.6 Å². The lowest BCUT2D eigenvalue weighted by atomic mass is 10.1. The monoisotopic (exact) mass is 360 g/mol. The second-order valence-corrected chi connectivity index (χ2v) is 5.94. The molecule has 5 nitrogen and oxygen atoms in total. The first-order valence-corrected chi connectivity index (χ1v) is 7.47. The fourth-order valence-corrected chi connectivity index (χ4v) is 2.15. The molecular weight excluding hydrogens is 340 g/mol. The fourth-order valence-electron chi connectivity index (χ4n) is 1.60. The van der Waals surface area contributed by atoms with Crippen molar-refractivity contribution in [3.05, 3.63) is 22.2 Å². The van der Waals surface area contributed by atoms with Crippen molar-refractivity contribution >= 4 is 21.9 Å². The van der Waals surface area contributed by atoms with Gasteiger partial charge in [0.15, 0.2) is 11.5 Å². The zero-order chi connectivity index (χ0) is 16.0. The van der Waals surface area contributed by atoms with Crippen molar-refractivity contribution < 1.29 is 24.1 Å². The van der Waals surface area contributed by atoms with Gasteiger partial charge in [0.1, 0.15) is 0 Å². The topological polar surface area (TPSA) is 65.0 Å². The molecule has 1 aromatic rings. The van der Waals surface area contributed by atoms with Gasteiger partial charge in [-0.25, -0.2) is 4.79 Å². The largest absolute Gasteiger partial charge is 0.490 e. The summed E-state index contributed by atoms with van der Waals surface area (Å²) in [5.74, 6) is -0.0861. The summed E-state index contributed by atoms with van der Waals surface area (Å²) in [7, 11) is 1.66. The van der Waals surface area contributed by atoms with E-state index in [2.05, 4.69) is 15.9 Å². The van der Waals surface area contributed by atoms with Gasteiger partial charge in [0.2, 0.25) is 0 Å². The molecule has 0 amide bonds. The minimum absolute atomic E-state index is 0.148. The standard InChI is InChI=1S/C15H21BrO5/c1-5-20-12-9-10(14(17)18)8-11(16)13(12)21-7-6-15(2,3)19-4/h8-9H,5-7H2,1-4H3,(H,17,18). The first-order valence-electron chi connectivity index (χ1n) is 6.68. The van der Waals surface area contributed by atoms with E-state index in [9.17, 15) is 4.79 Å². The lowest BCUT2D eigenvalue weighted by Gasteiger charge is -2.23. The van der Waals surface area contributed by atoms with Crippen LogP contribution in [0.4, 0.5) is 0 Å². The molecule has 118 valence electrons. The molecule has 0 saturated heterocycles. The molecule has 0 atom stereocenters. The van der Waals surface area contributed by atoms with Crippen molar-refractivity contribution in [2.75, 3.05) is 20.3 Å². The zero-order valence-electron chi connectivity index (χ0n) is 12.7. The van der Waals surface area contributed by atoms with E-state index in [4.69, 9.17) is 19.3 Å². The van der Waals surface area contributed by atoms with Crippen LogP contribution < -0.4 is 9.47 Å². The van der Waals surface area contributed by atoms with Crippen LogP contribution in [0.25, 0.3) is 0 Å². The fraction of sp³-hybridized carbons (Fsp3) is 0.533. The number of carboxylic acid groups (broad SMARTS) is 1. The summed E-state index contributed by atoms with van der Waals surface area (Å²) in [5, 5.41) is 9.07. The Morgan fingerprint density at radius 3 is 2.52 bits per heavy atom. The van der Waals surface area contributed by atoms with Crippen LogP contribution in [0.2, 0.25) is 0 Å². The van der Waals surface area contributed by atoms with Crippen LogP contribution in [0.3, 0.4) is 0 Å². The van der Waals surface area contributed by atoms with E-state index < -0.39 is 5.97 Å². The summed E-state index contributed by atoms with van der Waals surface area (Å²) < 4.78 is 17.1. The van der Waals surface area contributed by atoms with Crippen LogP contribution in [0, 0.1) is 0 Å². The van der Waals surface area contributed by atoms with Crippen LogP contribution >= 0.6 is 15.9 Å². The number of benzene rings is 1. The average molecular weight is 361 g/mol. The maximum absolute atomic E-state index is 11.1. The number of hydrogen-bond donors (Lipinski definition) is 1. The minimum Gasteiger partial charge on any atom is -0.490 e. The quantitative estimate of drug-likeness (QED) is 0.764. The Kier molecular flexibility index (Phi) is 6.48. The van der Waals surface area contributed by atoms with Gasteiger partial charge in [0.25, 0.3) is 0 Å². The summed E-state index contributed by atoms with van der Waals surface area (Å²) in [4.78, 5) is 11.1. The number of methoxy groups -OCH3 is 1. The molecule has 1 rings (SSSR count). The molecule has 0 heterocycles. The normalized spacial score (nSPS) is 11.3. The van der Waals surface area contributed by atoms with Crippen molar-refractivity contribution in [3.8, 4) is 11.5 Å². The van der Waals surface area contributed by atoms with E-state index in [-0.39, 0.29) is 11.2 Å². The summed E-state index contributed by atoms with van der Waals surface area (Å²) in [6.45, 7) is 6.64. The van der Waals surface area contributed by atoms with Crippen molar-refractivity contribution in [2.45, 2.75) is 32.8 Å². The van der Waals surface area contributed by atoms with Gasteiger partial charge in [-0.1, -0.05) is 0 Å². The lowest BCUT2D eigenvalue weighted by molar-refractivity contribution is 0.00514. The molecule has 0 saturated carbocycles. The van der Waals surface area contributed by atoms with Gasteiger partial charge < -0.3 is 19.3 Å². The van der Waals surface area contributed by atoms with Gasteiger partial charge in [-0.3, -0.25) is 0 Å². The third-order valence-electron chi connectivity index (χ3n) is 3.06. The predicted molar refractivity (Wildman–Crippen MR) is 83.5 cm³/mol. The number of carbonyl (C=O) groups is 1. The molecule has 6 heteroatoms. The molecule has 1 aromatic carbocycles. The number of hydrogen-bond acceptors (Lipinski definition) is 4. The molecule has 0 aliphatic heterocycles. The van der Waals surface area contributed by atoms with Gasteiger partial charge in [-0.15, -0.1) is 0 Å². The van der Waals surface area contributed by atoms with E-state index in [1.165, 1.54) is 12.1 Å². The van der Waals surface area contributed by atoms with Gasteiger partial charge >= 0.3 is 5.97 Å². The van der Waals surface area contributed by atoms with E-state index in [0.717, 1.165) is 0 Å². The summed E-state index contributed by atoms with van der Waals surface area (Å²) in [5.41, 5.74) is -0.130. The smallest absolute Gasteiger partial charge is 0.335 e. The first kappa shape index (κ1) is 17.8. The summed E-state index contributed by atoms with van der Waals surface area (Å²) >= 11 is 3.33. The molecule has 0 bridgehead atoms. The molecule has 21 heavy (non-hydrogen) atoms. The number of rotatable bonds is 8. The van der Waals surface area contributed by atoms with Crippen molar-refractivity contribution in [2.24, 2.45) is 0 Å². The van der Waals surface area contributed by atoms with E-state index in [1.807, 2.05) is 20.8 Å². The van der Waals surface area contributed by atoms with E-state index in [1.54, 1.807) is 7.11 Å². The van der Waals surface area contributed by atoms with Gasteiger partial charge in [0.05, 0.1) is 28.9 Å². The SMILES string of the molecule is CCOc1cc(C(=O)O)cc(Br)c1OCCC(C)(C)OC. The summed E-state index contributed by atoms with van der Waals surface area (Å²) in [6.07, 6.45) is 0.697. The van der Waals surface area contributed by atoms with Crippen molar-refractivity contribution in [1.82, 2.24) is 0 Å². The predicted octanol–water partition coefficient (Wildman–Crippen LogP) is 3.74. The number of carboxylic acids is 1. The highest BCUT2D eigenvalue weighted by Gasteiger charge is 2.19. The molecule has 1 N–H and O–H groups in total. The second kappa shape index (κ2) is 7.66. The van der Waals surface area contributed by atoms with Gasteiger partial charge in [-0.05, 0) is 48.8 Å². The Labute approximate surface area is 133 Å². The molecule has 0 unspecified atom stereocenters. The van der Waals surface area contributed by atoms with Crippen LogP contribution in [-0.4, -0.2) is 37.0 Å². The Bertz CT molecular complexity index is 499. The lowest BCUT2D eigenvalue weighted by Crippen LogP contribution is -2.25. The number of ether oxygens (including phenoxy) is 3. The van der Waals surface area contributed by atoms with Crippen molar-refractivity contribution in [1.29, 1.82) is 0 Å². The zero-order valence-corrected chi connectivity index (χ0v) is 14.3. The summed E-state index contributed by atoms with van der Waals surface area (Å²) in [6, 6.07) is 2.97. The third kappa shape index (κ3) is 5.21. The van der Waals surface area contributed by atoms with Gasteiger partial charge in [-0.2, -0.15) is 0 Å². The molecule has 0 aromatic heterocycles. The van der Waals surface area contributed by atoms with Crippen LogP contribution in [0.15, 0.2) is 16.6 Å². The highest BCUT2D eigenvalue weighted by Crippen LogP contribution is 2.37. The van der Waals surface area contributed by atoms with E-state index >= 15 is 0 Å². The van der Waals surface area contributed by atoms with E-state index in [0.29, 0.717) is 35.6 Å². The second-order valence-electron chi connectivity index (χ2n) is 5.09. The highest BCUT2D eigenvalue weighted by molar-refractivity contribution is 9.10. The molecule has 0 fully saturated rings.